The highest BCUT2D eigenvalue weighted by atomic mass is 79.9. The molecule has 0 saturated carbocycles. The van der Waals surface area contributed by atoms with Gasteiger partial charge in [-0.25, -0.2) is 0 Å². The third kappa shape index (κ3) is 4.71. The fourth-order valence-corrected chi connectivity index (χ4v) is 3.92. The molecule has 0 amide bonds. The van der Waals surface area contributed by atoms with Crippen LogP contribution >= 0.6 is 15.9 Å². The molecule has 4 heteroatoms. The van der Waals surface area contributed by atoms with E-state index in [1.54, 1.807) is 0 Å². The van der Waals surface area contributed by atoms with E-state index in [2.05, 4.69) is 15.9 Å². The van der Waals surface area contributed by atoms with Crippen LogP contribution in [0.3, 0.4) is 0 Å². The minimum atomic E-state index is 0.460. The molecule has 0 saturated heterocycles. The van der Waals surface area contributed by atoms with E-state index in [9.17, 15) is 0 Å². The summed E-state index contributed by atoms with van der Waals surface area (Å²) >= 11 is 3.53. The average molecular weight is 485 g/mol. The van der Waals surface area contributed by atoms with Gasteiger partial charge in [0.2, 0.25) is 0 Å². The lowest BCUT2D eigenvalue weighted by atomic mass is 10.1. The number of halogens is 1. The Morgan fingerprint density at radius 3 is 2.06 bits per heavy atom. The zero-order valence-corrected chi connectivity index (χ0v) is 18.9. The van der Waals surface area contributed by atoms with Gasteiger partial charge in [0, 0.05) is 15.9 Å². The van der Waals surface area contributed by atoms with Crippen molar-refractivity contribution in [2.75, 3.05) is 0 Å². The molecule has 0 spiro atoms. The first-order chi connectivity index (χ1) is 15.7. The number of fused-ring (bicyclic) bond motifs is 1. The first-order valence-electron chi connectivity index (χ1n) is 10.4. The molecule has 0 atom stereocenters. The Morgan fingerprint density at radius 1 is 0.656 bits per heavy atom. The normalized spacial score (nSPS) is 10.9. The van der Waals surface area contributed by atoms with Crippen LogP contribution in [0.4, 0.5) is 0 Å². The first kappa shape index (κ1) is 20.4. The van der Waals surface area contributed by atoms with E-state index < -0.39 is 0 Å². The lowest BCUT2D eigenvalue weighted by Crippen LogP contribution is -1.99. The van der Waals surface area contributed by atoms with Crippen molar-refractivity contribution >= 4 is 26.9 Å². The van der Waals surface area contributed by atoms with Crippen molar-refractivity contribution in [1.82, 2.24) is 0 Å². The second-order valence-corrected chi connectivity index (χ2v) is 8.41. The van der Waals surface area contributed by atoms with Crippen LogP contribution < -0.4 is 9.47 Å². The van der Waals surface area contributed by atoms with Crippen LogP contribution in [0.5, 0.6) is 11.5 Å². The highest BCUT2D eigenvalue weighted by Crippen LogP contribution is 2.37. The molecule has 4 aromatic carbocycles. The SMILES string of the molecule is Brc1ccc2oc(-c3ccc(OCc4ccccc4)cc3OCc3ccccc3)cc2c1. The Kier molecular flexibility index (Phi) is 5.95. The zero-order chi connectivity index (χ0) is 21.8. The molecule has 5 rings (SSSR count). The Labute approximate surface area is 195 Å². The maximum absolute atomic E-state index is 6.24. The summed E-state index contributed by atoms with van der Waals surface area (Å²) in [6.45, 7) is 0.957. The number of hydrogen-bond donors (Lipinski definition) is 0. The van der Waals surface area contributed by atoms with Gasteiger partial charge in [0.1, 0.15) is 36.1 Å². The summed E-state index contributed by atoms with van der Waals surface area (Å²) in [5.41, 5.74) is 3.94. The van der Waals surface area contributed by atoms with Crippen molar-refractivity contribution in [1.29, 1.82) is 0 Å². The minimum Gasteiger partial charge on any atom is -0.489 e. The second-order valence-electron chi connectivity index (χ2n) is 7.50. The molecule has 0 N–H and O–H groups in total. The average Bonchev–Trinajstić information content (AvgIpc) is 3.26. The molecule has 3 nitrogen and oxygen atoms in total. The van der Waals surface area contributed by atoms with Gasteiger partial charge in [-0.3, -0.25) is 0 Å². The van der Waals surface area contributed by atoms with Gasteiger partial charge in [0.15, 0.2) is 0 Å². The van der Waals surface area contributed by atoms with Crippen LogP contribution in [-0.4, -0.2) is 0 Å². The number of hydrogen-bond acceptors (Lipinski definition) is 3. The lowest BCUT2D eigenvalue weighted by Gasteiger charge is -2.13. The summed E-state index contributed by atoms with van der Waals surface area (Å²) in [6.07, 6.45) is 0. The molecule has 0 aliphatic carbocycles. The summed E-state index contributed by atoms with van der Waals surface area (Å²) in [5, 5.41) is 1.03. The number of rotatable bonds is 7. The quantitative estimate of drug-likeness (QED) is 0.234. The highest BCUT2D eigenvalue weighted by molar-refractivity contribution is 9.10. The van der Waals surface area contributed by atoms with Crippen LogP contribution in [0.1, 0.15) is 11.1 Å². The third-order valence-corrected chi connectivity index (χ3v) is 5.68. The van der Waals surface area contributed by atoms with Crippen LogP contribution in [0, 0.1) is 0 Å². The zero-order valence-electron chi connectivity index (χ0n) is 17.3. The van der Waals surface area contributed by atoms with Crippen molar-refractivity contribution in [3.05, 3.63) is 119 Å². The van der Waals surface area contributed by atoms with Crippen molar-refractivity contribution in [2.24, 2.45) is 0 Å². The summed E-state index contributed by atoms with van der Waals surface area (Å²) in [7, 11) is 0. The Balaban J connectivity index is 1.46. The van der Waals surface area contributed by atoms with Crippen molar-refractivity contribution in [2.45, 2.75) is 13.2 Å². The Bertz CT molecular complexity index is 1330. The number of furan rings is 1. The molecule has 0 aliphatic rings. The van der Waals surface area contributed by atoms with Gasteiger partial charge in [-0.2, -0.15) is 0 Å². The predicted octanol–water partition coefficient (Wildman–Crippen LogP) is 8.02. The maximum Gasteiger partial charge on any atom is 0.139 e. The number of ether oxygens (including phenoxy) is 2. The molecule has 0 fully saturated rings. The molecule has 0 radical (unpaired) electrons. The Morgan fingerprint density at radius 2 is 1.34 bits per heavy atom. The van der Waals surface area contributed by atoms with Gasteiger partial charge in [-0.15, -0.1) is 0 Å². The fraction of sp³-hybridized carbons (Fsp3) is 0.0714. The van der Waals surface area contributed by atoms with E-state index in [0.29, 0.717) is 13.2 Å². The van der Waals surface area contributed by atoms with E-state index in [-0.39, 0.29) is 0 Å². The van der Waals surface area contributed by atoms with E-state index >= 15 is 0 Å². The van der Waals surface area contributed by atoms with E-state index in [0.717, 1.165) is 49.4 Å². The van der Waals surface area contributed by atoms with Crippen LogP contribution in [-0.2, 0) is 13.2 Å². The van der Waals surface area contributed by atoms with Gasteiger partial charge < -0.3 is 13.9 Å². The smallest absolute Gasteiger partial charge is 0.139 e. The molecule has 32 heavy (non-hydrogen) atoms. The monoisotopic (exact) mass is 484 g/mol. The molecule has 0 unspecified atom stereocenters. The molecule has 5 aromatic rings. The van der Waals surface area contributed by atoms with Crippen molar-refractivity contribution in [3.63, 3.8) is 0 Å². The van der Waals surface area contributed by atoms with E-state index in [1.165, 1.54) is 0 Å². The van der Waals surface area contributed by atoms with Gasteiger partial charge >= 0.3 is 0 Å². The first-order valence-corrected chi connectivity index (χ1v) is 11.2. The highest BCUT2D eigenvalue weighted by Gasteiger charge is 2.14. The number of benzene rings is 4. The summed E-state index contributed by atoms with van der Waals surface area (Å²) in [6, 6.07) is 34.1. The summed E-state index contributed by atoms with van der Waals surface area (Å²) < 4.78 is 19.4. The van der Waals surface area contributed by atoms with E-state index in [1.807, 2.05) is 103 Å². The largest absolute Gasteiger partial charge is 0.489 e. The van der Waals surface area contributed by atoms with Crippen molar-refractivity contribution < 1.29 is 13.9 Å². The summed E-state index contributed by atoms with van der Waals surface area (Å²) in [5.74, 6) is 2.23. The fourth-order valence-electron chi connectivity index (χ4n) is 3.54. The molecule has 1 aromatic heterocycles. The molecule has 158 valence electrons. The van der Waals surface area contributed by atoms with Crippen molar-refractivity contribution in [3.8, 4) is 22.8 Å². The molecule has 1 heterocycles. The van der Waals surface area contributed by atoms with E-state index in [4.69, 9.17) is 13.9 Å². The summed E-state index contributed by atoms with van der Waals surface area (Å²) in [4.78, 5) is 0. The third-order valence-electron chi connectivity index (χ3n) is 5.18. The standard InChI is InChI=1S/C28H21BrO3/c29-23-11-14-26-22(15-23)16-28(32-26)25-13-12-24(30-18-20-7-3-1-4-8-20)17-27(25)31-19-21-9-5-2-6-10-21/h1-17H,18-19H2. The van der Waals surface area contributed by atoms with Gasteiger partial charge in [-0.05, 0) is 47.5 Å². The molecule has 0 aliphatic heterocycles. The van der Waals surface area contributed by atoms with Gasteiger partial charge in [-0.1, -0.05) is 76.6 Å². The Hall–Kier alpha value is -3.50. The van der Waals surface area contributed by atoms with Crippen LogP contribution in [0.25, 0.3) is 22.3 Å². The minimum absolute atomic E-state index is 0.460. The topological polar surface area (TPSA) is 31.6 Å². The maximum atomic E-state index is 6.24. The lowest BCUT2D eigenvalue weighted by molar-refractivity contribution is 0.290. The van der Waals surface area contributed by atoms with Gasteiger partial charge in [0.05, 0.1) is 5.56 Å². The molecular weight excluding hydrogens is 464 g/mol. The molecule has 0 bridgehead atoms. The van der Waals surface area contributed by atoms with Gasteiger partial charge in [0.25, 0.3) is 0 Å². The predicted molar refractivity (Wildman–Crippen MR) is 131 cm³/mol. The van der Waals surface area contributed by atoms with Crippen LogP contribution in [0.15, 0.2) is 112 Å². The second kappa shape index (κ2) is 9.33. The molecular formula is C28H21BrO3. The van der Waals surface area contributed by atoms with Crippen LogP contribution in [0.2, 0.25) is 0 Å².